The van der Waals surface area contributed by atoms with Crippen molar-refractivity contribution >= 4 is 10.0 Å². The molecule has 0 atom stereocenters. The molecule has 126 valence electrons. The lowest BCUT2D eigenvalue weighted by molar-refractivity contribution is 0.205. The molecular formula is C14H22N6O2S. The molecule has 0 radical (unpaired) electrons. The monoisotopic (exact) mass is 338 g/mol. The zero-order valence-corrected chi connectivity index (χ0v) is 14.3. The van der Waals surface area contributed by atoms with Crippen molar-refractivity contribution in [2.45, 2.75) is 39.6 Å². The van der Waals surface area contributed by atoms with Gasteiger partial charge in [0, 0.05) is 37.9 Å². The van der Waals surface area contributed by atoms with E-state index in [2.05, 4.69) is 32.9 Å². The van der Waals surface area contributed by atoms with Crippen LogP contribution in [0.2, 0.25) is 0 Å². The first-order chi connectivity index (χ1) is 10.9. The Labute approximate surface area is 136 Å². The highest BCUT2D eigenvalue weighted by molar-refractivity contribution is 7.88. The summed E-state index contributed by atoms with van der Waals surface area (Å²) in [7, 11) is -3.19. The molecular weight excluding hydrogens is 316 g/mol. The van der Waals surface area contributed by atoms with Crippen LogP contribution in [0.5, 0.6) is 0 Å². The normalized spacial score (nSPS) is 15.7. The van der Waals surface area contributed by atoms with E-state index in [1.165, 1.54) is 5.56 Å². The zero-order chi connectivity index (χ0) is 16.4. The van der Waals surface area contributed by atoms with Crippen molar-refractivity contribution in [1.82, 2.24) is 29.2 Å². The van der Waals surface area contributed by atoms with Gasteiger partial charge >= 0.3 is 0 Å². The number of aryl methyl sites for hydroxylation is 1. The van der Waals surface area contributed by atoms with Gasteiger partial charge in [0.1, 0.15) is 0 Å². The fourth-order valence-corrected chi connectivity index (χ4v) is 3.14. The van der Waals surface area contributed by atoms with Gasteiger partial charge in [-0.05, 0) is 13.0 Å². The molecule has 8 nitrogen and oxygen atoms in total. The Bertz CT molecular complexity index is 779. The quantitative estimate of drug-likeness (QED) is 0.811. The van der Waals surface area contributed by atoms with Crippen molar-refractivity contribution in [3.8, 4) is 0 Å². The van der Waals surface area contributed by atoms with E-state index in [-0.39, 0.29) is 6.54 Å². The van der Waals surface area contributed by atoms with Crippen molar-refractivity contribution < 1.29 is 8.42 Å². The number of rotatable bonds is 6. The summed E-state index contributed by atoms with van der Waals surface area (Å²) in [6, 6.07) is 1.97. The minimum Gasteiger partial charge on any atom is -0.291 e. The molecule has 1 aliphatic rings. The average Bonchev–Trinajstić information content (AvgIpc) is 3.10. The van der Waals surface area contributed by atoms with E-state index in [0.717, 1.165) is 50.4 Å². The third kappa shape index (κ3) is 4.18. The van der Waals surface area contributed by atoms with E-state index in [1.807, 2.05) is 21.6 Å². The largest absolute Gasteiger partial charge is 0.291 e. The molecule has 23 heavy (non-hydrogen) atoms. The molecule has 2 aromatic heterocycles. The van der Waals surface area contributed by atoms with Gasteiger partial charge in [-0.25, -0.2) is 13.1 Å². The standard InChI is InChI=1S/C14H22N6O2S/c1-3-19-10-12(7-15-19)9-18-4-5-20-14(11-18)6-13(17-20)8-16-23(2,21)22/h6-7,10,16H,3-5,8-9,11H2,1-2H3. The molecule has 0 saturated carbocycles. The lowest BCUT2D eigenvalue weighted by atomic mass is 10.2. The summed E-state index contributed by atoms with van der Waals surface area (Å²) in [5, 5.41) is 8.76. The second-order valence-electron chi connectivity index (χ2n) is 5.86. The van der Waals surface area contributed by atoms with Crippen molar-refractivity contribution in [3.63, 3.8) is 0 Å². The first-order valence-electron chi connectivity index (χ1n) is 7.67. The van der Waals surface area contributed by atoms with Crippen molar-refractivity contribution in [1.29, 1.82) is 0 Å². The van der Waals surface area contributed by atoms with E-state index >= 15 is 0 Å². The Hall–Kier alpha value is -1.71. The molecule has 3 heterocycles. The number of aromatic nitrogens is 4. The average molecular weight is 338 g/mol. The number of hydrogen-bond acceptors (Lipinski definition) is 5. The number of nitrogens with zero attached hydrogens (tertiary/aromatic N) is 5. The van der Waals surface area contributed by atoms with Crippen LogP contribution in [0, 0.1) is 0 Å². The Morgan fingerprint density at radius 1 is 1.35 bits per heavy atom. The van der Waals surface area contributed by atoms with Crippen LogP contribution in [0.1, 0.15) is 23.9 Å². The van der Waals surface area contributed by atoms with Gasteiger partial charge in [0.25, 0.3) is 0 Å². The van der Waals surface area contributed by atoms with Gasteiger partial charge in [-0.1, -0.05) is 0 Å². The Balaban J connectivity index is 1.62. The molecule has 0 bridgehead atoms. The Morgan fingerprint density at radius 2 is 2.17 bits per heavy atom. The molecule has 3 rings (SSSR count). The minimum atomic E-state index is -3.19. The minimum absolute atomic E-state index is 0.238. The van der Waals surface area contributed by atoms with Crippen molar-refractivity contribution in [2.75, 3.05) is 12.8 Å². The highest BCUT2D eigenvalue weighted by Crippen LogP contribution is 2.16. The highest BCUT2D eigenvalue weighted by Gasteiger charge is 2.19. The SMILES string of the molecule is CCn1cc(CN2CCn3nc(CNS(C)(=O)=O)cc3C2)cn1. The summed E-state index contributed by atoms with van der Waals surface area (Å²) in [4.78, 5) is 2.35. The Kier molecular flexibility index (Phi) is 4.51. The highest BCUT2D eigenvalue weighted by atomic mass is 32.2. The van der Waals surface area contributed by atoms with E-state index in [1.54, 1.807) is 0 Å². The number of nitrogens with one attached hydrogen (secondary N) is 1. The van der Waals surface area contributed by atoms with Gasteiger partial charge in [-0.2, -0.15) is 10.2 Å². The van der Waals surface area contributed by atoms with Gasteiger partial charge in [0.2, 0.25) is 10.0 Å². The predicted molar refractivity (Wildman–Crippen MR) is 85.9 cm³/mol. The van der Waals surface area contributed by atoms with Crippen LogP contribution < -0.4 is 4.72 Å². The molecule has 1 N–H and O–H groups in total. The molecule has 0 saturated heterocycles. The molecule has 1 aliphatic heterocycles. The maximum atomic E-state index is 11.2. The van der Waals surface area contributed by atoms with E-state index in [0.29, 0.717) is 0 Å². The zero-order valence-electron chi connectivity index (χ0n) is 13.4. The smallest absolute Gasteiger partial charge is 0.209 e. The molecule has 0 unspecified atom stereocenters. The summed E-state index contributed by atoms with van der Waals surface area (Å²) < 4.78 is 28.7. The van der Waals surface area contributed by atoms with Crippen LogP contribution in [-0.2, 0) is 42.7 Å². The lowest BCUT2D eigenvalue weighted by Crippen LogP contribution is -2.33. The molecule has 0 aromatic carbocycles. The summed E-state index contributed by atoms with van der Waals surface area (Å²) in [6.45, 7) is 6.60. The molecule has 9 heteroatoms. The third-order valence-electron chi connectivity index (χ3n) is 3.86. The molecule has 2 aromatic rings. The van der Waals surface area contributed by atoms with Gasteiger partial charge in [-0.3, -0.25) is 14.3 Å². The van der Waals surface area contributed by atoms with Gasteiger partial charge < -0.3 is 0 Å². The number of fused-ring (bicyclic) bond motifs is 1. The summed E-state index contributed by atoms with van der Waals surface area (Å²) in [5.41, 5.74) is 3.08. The third-order valence-corrected chi connectivity index (χ3v) is 4.53. The van der Waals surface area contributed by atoms with Gasteiger partial charge in [0.05, 0.1) is 36.9 Å². The molecule has 0 amide bonds. The van der Waals surface area contributed by atoms with Crippen LogP contribution in [-0.4, -0.2) is 45.7 Å². The fourth-order valence-electron chi connectivity index (χ4n) is 2.73. The topological polar surface area (TPSA) is 85.0 Å². The van der Waals surface area contributed by atoms with E-state index < -0.39 is 10.0 Å². The van der Waals surface area contributed by atoms with Crippen molar-refractivity contribution in [2.24, 2.45) is 0 Å². The van der Waals surface area contributed by atoms with Crippen molar-refractivity contribution in [3.05, 3.63) is 35.4 Å². The predicted octanol–water partition coefficient (Wildman–Crippen LogP) is 0.165. The first kappa shape index (κ1) is 16.2. The summed E-state index contributed by atoms with van der Waals surface area (Å²) in [6.07, 6.45) is 5.14. The van der Waals surface area contributed by atoms with Gasteiger partial charge in [0.15, 0.2) is 0 Å². The molecule has 0 spiro atoms. The lowest BCUT2D eigenvalue weighted by Gasteiger charge is -2.26. The Morgan fingerprint density at radius 3 is 2.87 bits per heavy atom. The summed E-state index contributed by atoms with van der Waals surface area (Å²) >= 11 is 0. The van der Waals surface area contributed by atoms with Gasteiger partial charge in [-0.15, -0.1) is 0 Å². The maximum absolute atomic E-state index is 11.2. The second-order valence-corrected chi connectivity index (χ2v) is 7.69. The van der Waals surface area contributed by atoms with Crippen LogP contribution in [0.3, 0.4) is 0 Å². The molecule has 0 fully saturated rings. The number of sulfonamides is 1. The van der Waals surface area contributed by atoms with Crippen LogP contribution in [0.4, 0.5) is 0 Å². The van der Waals surface area contributed by atoms with Crippen LogP contribution in [0.25, 0.3) is 0 Å². The maximum Gasteiger partial charge on any atom is 0.209 e. The summed E-state index contributed by atoms with van der Waals surface area (Å²) in [5.74, 6) is 0. The fraction of sp³-hybridized carbons (Fsp3) is 0.571. The van der Waals surface area contributed by atoms with E-state index in [4.69, 9.17) is 0 Å². The second kappa shape index (κ2) is 6.42. The first-order valence-corrected chi connectivity index (χ1v) is 9.56. The van der Waals surface area contributed by atoms with E-state index in [9.17, 15) is 8.42 Å². The van der Waals surface area contributed by atoms with Crippen LogP contribution >= 0.6 is 0 Å². The molecule has 0 aliphatic carbocycles. The van der Waals surface area contributed by atoms with Crippen LogP contribution in [0.15, 0.2) is 18.5 Å². The number of hydrogen-bond donors (Lipinski definition) is 1.